The fourth-order valence-corrected chi connectivity index (χ4v) is 2.92. The van der Waals surface area contributed by atoms with Crippen LogP contribution in [-0.2, 0) is 24.3 Å². The smallest absolute Gasteiger partial charge is 0.282 e. The highest BCUT2D eigenvalue weighted by Crippen LogP contribution is 2.18. The number of nitrogens with one attached hydrogen (secondary N) is 1. The van der Waals surface area contributed by atoms with E-state index in [1.54, 1.807) is 0 Å². The molecule has 0 saturated heterocycles. The third-order valence-electron chi connectivity index (χ3n) is 4.42. The van der Waals surface area contributed by atoms with Gasteiger partial charge in [-0.3, -0.25) is 14.2 Å². The van der Waals surface area contributed by atoms with E-state index in [0.717, 1.165) is 38.1 Å². The van der Waals surface area contributed by atoms with Gasteiger partial charge in [0.1, 0.15) is 18.7 Å². The van der Waals surface area contributed by atoms with Gasteiger partial charge in [-0.1, -0.05) is 13.3 Å². The van der Waals surface area contributed by atoms with Crippen molar-refractivity contribution < 1.29 is 4.79 Å². The number of aryl methyl sites for hydroxylation is 2. The number of imidazole rings is 1. The summed E-state index contributed by atoms with van der Waals surface area (Å²) < 4.78 is 3.39. The van der Waals surface area contributed by atoms with Crippen LogP contribution in [0.15, 0.2) is 11.1 Å². The number of hydrogen-bond donors (Lipinski definition) is 1. The maximum absolute atomic E-state index is 12.6. The van der Waals surface area contributed by atoms with Crippen molar-refractivity contribution in [3.05, 3.63) is 22.5 Å². The normalized spacial score (nSPS) is 15.9. The second kappa shape index (κ2) is 6.52. The van der Waals surface area contributed by atoms with Crippen molar-refractivity contribution >= 4 is 17.1 Å². The van der Waals surface area contributed by atoms with E-state index >= 15 is 0 Å². The minimum atomic E-state index is -0.241. The molecule has 1 amide bonds. The summed E-state index contributed by atoms with van der Waals surface area (Å²) in [6.45, 7) is 4.78. The van der Waals surface area contributed by atoms with Gasteiger partial charge < -0.3 is 9.88 Å². The zero-order valence-electron chi connectivity index (χ0n) is 13.7. The van der Waals surface area contributed by atoms with Crippen LogP contribution in [0.2, 0.25) is 0 Å². The topological polar surface area (TPSA) is 81.8 Å². The molecule has 1 N–H and O–H groups in total. The lowest BCUT2D eigenvalue weighted by atomic mass is 10.2. The van der Waals surface area contributed by atoms with E-state index < -0.39 is 0 Å². The van der Waals surface area contributed by atoms with Crippen molar-refractivity contribution in [2.45, 2.75) is 65.1 Å². The summed E-state index contributed by atoms with van der Waals surface area (Å²) >= 11 is 0. The summed E-state index contributed by atoms with van der Waals surface area (Å²) in [6, 6.07) is 0.0959. The molecule has 0 fully saturated rings. The Morgan fingerprint density at radius 1 is 1.39 bits per heavy atom. The van der Waals surface area contributed by atoms with Gasteiger partial charge in [0.2, 0.25) is 5.91 Å². The van der Waals surface area contributed by atoms with E-state index in [0.29, 0.717) is 11.2 Å². The van der Waals surface area contributed by atoms with Crippen LogP contribution in [-0.4, -0.2) is 31.1 Å². The first-order valence-electron chi connectivity index (χ1n) is 8.34. The van der Waals surface area contributed by atoms with Crippen LogP contribution >= 0.6 is 0 Å². The second-order valence-corrected chi connectivity index (χ2v) is 6.22. The standard InChI is InChI=1S/C16H23N5O2/c1-3-11(2)18-13(22)9-20-10-17-15-14(16(20)23)19-12-7-5-4-6-8-21(12)15/h10-11H,3-9H2,1-2H3,(H,18,22). The SMILES string of the molecule is CCC(C)NC(=O)Cn1cnc2c(nc3n2CCCCC3)c1=O. The lowest BCUT2D eigenvalue weighted by Gasteiger charge is -2.12. The fraction of sp³-hybridized carbons (Fsp3) is 0.625. The largest absolute Gasteiger partial charge is 0.352 e. The van der Waals surface area contributed by atoms with Crippen LogP contribution in [0, 0.1) is 0 Å². The van der Waals surface area contributed by atoms with Crippen molar-refractivity contribution in [1.29, 1.82) is 0 Å². The highest BCUT2D eigenvalue weighted by atomic mass is 16.2. The van der Waals surface area contributed by atoms with Crippen molar-refractivity contribution in [2.75, 3.05) is 0 Å². The van der Waals surface area contributed by atoms with Crippen LogP contribution in [0.1, 0.15) is 45.4 Å². The van der Waals surface area contributed by atoms with Gasteiger partial charge in [0.15, 0.2) is 11.2 Å². The summed E-state index contributed by atoms with van der Waals surface area (Å²) in [5.41, 5.74) is 0.779. The molecule has 124 valence electrons. The molecule has 23 heavy (non-hydrogen) atoms. The third-order valence-corrected chi connectivity index (χ3v) is 4.42. The lowest BCUT2D eigenvalue weighted by Crippen LogP contribution is -2.37. The Kier molecular flexibility index (Phi) is 4.45. The van der Waals surface area contributed by atoms with E-state index in [2.05, 4.69) is 15.3 Å². The molecule has 0 spiro atoms. The highest BCUT2D eigenvalue weighted by molar-refractivity contribution is 5.76. The van der Waals surface area contributed by atoms with Crippen molar-refractivity contribution in [2.24, 2.45) is 0 Å². The first-order chi connectivity index (χ1) is 11.1. The Balaban J connectivity index is 1.90. The van der Waals surface area contributed by atoms with Gasteiger partial charge in [-0.15, -0.1) is 0 Å². The number of rotatable bonds is 4. The number of nitrogens with zero attached hydrogens (tertiary/aromatic N) is 4. The molecule has 3 rings (SSSR count). The molecule has 0 bridgehead atoms. The van der Waals surface area contributed by atoms with E-state index in [1.165, 1.54) is 17.3 Å². The summed E-state index contributed by atoms with van der Waals surface area (Å²) in [6.07, 6.45) is 6.55. The Labute approximate surface area is 134 Å². The monoisotopic (exact) mass is 317 g/mol. The number of carbonyl (C=O) groups is 1. The molecule has 1 unspecified atom stereocenters. The van der Waals surface area contributed by atoms with E-state index in [4.69, 9.17) is 0 Å². The first-order valence-corrected chi connectivity index (χ1v) is 8.34. The van der Waals surface area contributed by atoms with E-state index in [-0.39, 0.29) is 24.1 Å². The van der Waals surface area contributed by atoms with Gasteiger partial charge in [0.25, 0.3) is 5.56 Å². The van der Waals surface area contributed by atoms with Gasteiger partial charge in [-0.25, -0.2) is 9.97 Å². The number of carbonyl (C=O) groups excluding carboxylic acids is 1. The molecule has 0 radical (unpaired) electrons. The molecule has 1 aliphatic rings. The number of hydrogen-bond acceptors (Lipinski definition) is 4. The Hall–Kier alpha value is -2.18. The molecule has 1 atom stereocenters. The molecule has 1 aliphatic heterocycles. The Morgan fingerprint density at radius 2 is 2.22 bits per heavy atom. The van der Waals surface area contributed by atoms with Gasteiger partial charge in [0.05, 0.1) is 0 Å². The van der Waals surface area contributed by atoms with Crippen molar-refractivity contribution in [1.82, 2.24) is 24.4 Å². The van der Waals surface area contributed by atoms with Crippen molar-refractivity contribution in [3.63, 3.8) is 0 Å². The van der Waals surface area contributed by atoms with Crippen LogP contribution in [0.25, 0.3) is 11.2 Å². The summed E-state index contributed by atoms with van der Waals surface area (Å²) in [5.74, 6) is 0.757. The van der Waals surface area contributed by atoms with E-state index in [9.17, 15) is 9.59 Å². The van der Waals surface area contributed by atoms with Gasteiger partial charge in [0, 0.05) is 19.0 Å². The molecule has 0 aliphatic carbocycles. The van der Waals surface area contributed by atoms with Gasteiger partial charge in [-0.2, -0.15) is 0 Å². The van der Waals surface area contributed by atoms with Gasteiger partial charge in [-0.05, 0) is 26.2 Å². The Morgan fingerprint density at radius 3 is 3.00 bits per heavy atom. The predicted molar refractivity (Wildman–Crippen MR) is 87.2 cm³/mol. The van der Waals surface area contributed by atoms with Crippen molar-refractivity contribution in [3.8, 4) is 0 Å². The highest BCUT2D eigenvalue weighted by Gasteiger charge is 2.18. The predicted octanol–water partition coefficient (Wildman–Crippen LogP) is 1.23. The van der Waals surface area contributed by atoms with Crippen LogP contribution in [0.3, 0.4) is 0 Å². The minimum absolute atomic E-state index is 0.0195. The van der Waals surface area contributed by atoms with Crippen LogP contribution < -0.4 is 10.9 Å². The zero-order chi connectivity index (χ0) is 16.4. The second-order valence-electron chi connectivity index (χ2n) is 6.22. The zero-order valence-corrected chi connectivity index (χ0v) is 13.7. The van der Waals surface area contributed by atoms with Crippen LogP contribution in [0.4, 0.5) is 0 Å². The van der Waals surface area contributed by atoms with E-state index in [1.807, 2.05) is 18.4 Å². The maximum Gasteiger partial charge on any atom is 0.282 e. The third kappa shape index (κ3) is 3.13. The quantitative estimate of drug-likeness (QED) is 0.919. The molecule has 7 nitrogen and oxygen atoms in total. The molecular weight excluding hydrogens is 294 g/mol. The fourth-order valence-electron chi connectivity index (χ4n) is 2.92. The molecular formula is C16H23N5O2. The Bertz CT molecular complexity index is 777. The molecule has 3 heterocycles. The molecule has 2 aromatic rings. The maximum atomic E-state index is 12.6. The molecule has 0 aromatic carbocycles. The lowest BCUT2D eigenvalue weighted by molar-refractivity contribution is -0.122. The average Bonchev–Trinajstić information content (AvgIpc) is 2.72. The average molecular weight is 317 g/mol. The minimum Gasteiger partial charge on any atom is -0.352 e. The van der Waals surface area contributed by atoms with Crippen LogP contribution in [0.5, 0.6) is 0 Å². The summed E-state index contributed by atoms with van der Waals surface area (Å²) in [5, 5.41) is 2.86. The number of aromatic nitrogens is 4. The molecule has 0 saturated carbocycles. The summed E-state index contributed by atoms with van der Waals surface area (Å²) in [4.78, 5) is 33.5. The molecule has 7 heteroatoms. The number of amides is 1. The first kappa shape index (κ1) is 15.7. The molecule has 2 aromatic heterocycles. The number of fused-ring (bicyclic) bond motifs is 3. The summed E-state index contributed by atoms with van der Waals surface area (Å²) in [7, 11) is 0. The van der Waals surface area contributed by atoms with Gasteiger partial charge >= 0.3 is 0 Å².